The summed E-state index contributed by atoms with van der Waals surface area (Å²) in [6, 6.07) is 5.96. The molecule has 0 aromatic heterocycles. The van der Waals surface area contributed by atoms with Crippen molar-refractivity contribution in [2.75, 3.05) is 32.4 Å². The largest absolute Gasteiger partial charge is 0.489 e. The van der Waals surface area contributed by atoms with E-state index in [0.29, 0.717) is 30.7 Å². The first kappa shape index (κ1) is 21.4. The van der Waals surface area contributed by atoms with Gasteiger partial charge in [-0.3, -0.25) is 4.99 Å². The van der Waals surface area contributed by atoms with Crippen molar-refractivity contribution >= 4 is 16.0 Å². The third-order valence-electron chi connectivity index (χ3n) is 4.39. The van der Waals surface area contributed by atoms with Crippen molar-refractivity contribution < 1.29 is 17.5 Å². The molecule has 1 aromatic rings. The number of benzene rings is 1. The van der Waals surface area contributed by atoms with E-state index in [4.69, 9.17) is 4.74 Å². The highest BCUT2D eigenvalue weighted by atomic mass is 32.2. The third kappa shape index (κ3) is 8.13. The molecule has 1 aliphatic carbocycles. The normalized spacial score (nSPS) is 16.5. The molecule has 1 fully saturated rings. The van der Waals surface area contributed by atoms with Gasteiger partial charge in [-0.25, -0.2) is 17.5 Å². The molecule has 0 radical (unpaired) electrons. The van der Waals surface area contributed by atoms with Crippen LogP contribution in [0.25, 0.3) is 0 Å². The Morgan fingerprint density at radius 3 is 2.78 bits per heavy atom. The number of ether oxygens (including phenoxy) is 1. The average molecular weight is 401 g/mol. The summed E-state index contributed by atoms with van der Waals surface area (Å²) in [5, 5.41) is 6.04. The van der Waals surface area contributed by atoms with Crippen molar-refractivity contribution in [3.05, 3.63) is 30.1 Å². The van der Waals surface area contributed by atoms with E-state index in [1.807, 2.05) is 6.92 Å². The Morgan fingerprint density at radius 1 is 1.37 bits per heavy atom. The Kier molecular flexibility index (Phi) is 8.30. The third-order valence-corrected chi connectivity index (χ3v) is 5.74. The van der Waals surface area contributed by atoms with Gasteiger partial charge >= 0.3 is 0 Å². The molecular formula is C18H29FN4O3S. The smallest absolute Gasteiger partial charge is 0.213 e. The zero-order chi connectivity index (χ0) is 19.7. The van der Waals surface area contributed by atoms with Gasteiger partial charge in [0.15, 0.2) is 5.96 Å². The van der Waals surface area contributed by atoms with Crippen LogP contribution in [0.15, 0.2) is 29.3 Å². The number of hydrogen-bond donors (Lipinski definition) is 3. The highest BCUT2D eigenvalue weighted by molar-refractivity contribution is 7.89. The number of halogens is 1. The van der Waals surface area contributed by atoms with E-state index >= 15 is 0 Å². The van der Waals surface area contributed by atoms with Crippen LogP contribution in [-0.4, -0.2) is 52.9 Å². The van der Waals surface area contributed by atoms with Crippen LogP contribution in [0.4, 0.5) is 4.39 Å². The molecule has 7 nitrogen and oxygen atoms in total. The molecule has 0 amide bonds. The van der Waals surface area contributed by atoms with Gasteiger partial charge in [0.05, 0.1) is 12.3 Å². The molecule has 3 N–H and O–H groups in total. The van der Waals surface area contributed by atoms with Gasteiger partial charge in [-0.1, -0.05) is 12.5 Å². The Morgan fingerprint density at radius 2 is 2.15 bits per heavy atom. The molecule has 1 aromatic carbocycles. The minimum atomic E-state index is -3.29. The van der Waals surface area contributed by atoms with Crippen molar-refractivity contribution in [1.29, 1.82) is 0 Å². The second-order valence-electron chi connectivity index (χ2n) is 6.73. The molecular weight excluding hydrogens is 371 g/mol. The van der Waals surface area contributed by atoms with E-state index < -0.39 is 10.0 Å². The lowest BCUT2D eigenvalue weighted by Gasteiger charge is -2.25. The Hall–Kier alpha value is -1.87. The molecule has 1 aliphatic rings. The predicted molar refractivity (Wildman–Crippen MR) is 105 cm³/mol. The molecule has 27 heavy (non-hydrogen) atoms. The van der Waals surface area contributed by atoms with Crippen molar-refractivity contribution in [2.45, 2.75) is 32.3 Å². The zero-order valence-electron chi connectivity index (χ0n) is 15.9. The second kappa shape index (κ2) is 10.5. The molecule has 9 heteroatoms. The number of hydrogen-bond acceptors (Lipinski definition) is 4. The molecule has 0 saturated heterocycles. The van der Waals surface area contributed by atoms with Crippen LogP contribution in [0.2, 0.25) is 0 Å². The van der Waals surface area contributed by atoms with Gasteiger partial charge in [-0.05, 0) is 37.8 Å². The summed E-state index contributed by atoms with van der Waals surface area (Å²) >= 11 is 0. The maximum absolute atomic E-state index is 13.2. The van der Waals surface area contributed by atoms with Crippen molar-refractivity contribution in [3.63, 3.8) is 0 Å². The average Bonchev–Trinajstić information content (AvgIpc) is 2.56. The molecule has 1 saturated carbocycles. The SMILES string of the molecule is CN=C(NCCS(=O)(=O)NCC1CCC1)NCC(C)Oc1cccc(F)c1. The van der Waals surface area contributed by atoms with Gasteiger partial charge in [0.1, 0.15) is 17.7 Å². The van der Waals surface area contributed by atoms with E-state index in [-0.39, 0.29) is 24.2 Å². The first-order chi connectivity index (χ1) is 12.9. The molecule has 0 aliphatic heterocycles. The number of aliphatic imine (C=N–C) groups is 1. The summed E-state index contributed by atoms with van der Waals surface area (Å²) < 4.78 is 45.4. The lowest BCUT2D eigenvalue weighted by atomic mass is 9.86. The molecule has 152 valence electrons. The van der Waals surface area contributed by atoms with Gasteiger partial charge in [0, 0.05) is 26.2 Å². The van der Waals surface area contributed by atoms with Crippen LogP contribution in [0, 0.1) is 11.7 Å². The minimum absolute atomic E-state index is 0.0181. The van der Waals surface area contributed by atoms with Crippen LogP contribution >= 0.6 is 0 Å². The summed E-state index contributed by atoms with van der Waals surface area (Å²) in [6.45, 7) is 3.06. The number of guanidine groups is 1. The summed E-state index contributed by atoms with van der Waals surface area (Å²) in [7, 11) is -1.68. The van der Waals surface area contributed by atoms with E-state index in [0.717, 1.165) is 12.8 Å². The maximum atomic E-state index is 13.2. The zero-order valence-corrected chi connectivity index (χ0v) is 16.7. The molecule has 0 bridgehead atoms. The first-order valence-corrected chi connectivity index (χ1v) is 10.9. The fourth-order valence-electron chi connectivity index (χ4n) is 2.59. The summed E-state index contributed by atoms with van der Waals surface area (Å²) in [5.74, 6) is 1.06. The fraction of sp³-hybridized carbons (Fsp3) is 0.611. The highest BCUT2D eigenvalue weighted by Crippen LogP contribution is 2.25. The van der Waals surface area contributed by atoms with E-state index in [2.05, 4.69) is 20.3 Å². The first-order valence-electron chi connectivity index (χ1n) is 9.22. The van der Waals surface area contributed by atoms with E-state index in [1.54, 1.807) is 19.2 Å². The van der Waals surface area contributed by atoms with Gasteiger partial charge in [-0.15, -0.1) is 0 Å². The molecule has 0 spiro atoms. The van der Waals surface area contributed by atoms with Gasteiger partial charge in [-0.2, -0.15) is 0 Å². The summed E-state index contributed by atoms with van der Waals surface area (Å²) in [6.07, 6.45) is 3.18. The maximum Gasteiger partial charge on any atom is 0.213 e. The number of nitrogens with one attached hydrogen (secondary N) is 3. The Bertz CT molecular complexity index is 723. The van der Waals surface area contributed by atoms with Crippen LogP contribution in [0.3, 0.4) is 0 Å². The van der Waals surface area contributed by atoms with Crippen molar-refractivity contribution in [2.24, 2.45) is 10.9 Å². The Labute approximate surface area is 160 Å². The topological polar surface area (TPSA) is 91.8 Å². The van der Waals surface area contributed by atoms with E-state index in [9.17, 15) is 12.8 Å². The number of sulfonamides is 1. The summed E-state index contributed by atoms with van der Waals surface area (Å²) in [5.41, 5.74) is 0. The van der Waals surface area contributed by atoms with Crippen molar-refractivity contribution in [1.82, 2.24) is 15.4 Å². The number of rotatable bonds is 10. The molecule has 1 unspecified atom stereocenters. The van der Waals surface area contributed by atoms with Gasteiger partial charge in [0.2, 0.25) is 10.0 Å². The molecule has 0 heterocycles. The van der Waals surface area contributed by atoms with Crippen LogP contribution in [0.1, 0.15) is 26.2 Å². The lowest BCUT2D eigenvalue weighted by molar-refractivity contribution is 0.223. The quantitative estimate of drug-likeness (QED) is 0.409. The minimum Gasteiger partial charge on any atom is -0.489 e. The molecule has 2 rings (SSSR count). The Balaban J connectivity index is 1.65. The predicted octanol–water partition coefficient (Wildman–Crippen LogP) is 1.48. The van der Waals surface area contributed by atoms with Crippen LogP contribution < -0.4 is 20.1 Å². The van der Waals surface area contributed by atoms with E-state index in [1.165, 1.54) is 18.6 Å². The molecule has 1 atom stereocenters. The standard InChI is InChI=1S/C18H29FN4O3S/c1-14(26-17-8-4-7-16(19)11-17)12-22-18(20-2)21-9-10-27(24,25)23-13-15-5-3-6-15/h4,7-8,11,14-15,23H,3,5-6,9-10,12-13H2,1-2H3,(H2,20,21,22). The summed E-state index contributed by atoms with van der Waals surface area (Å²) in [4.78, 5) is 4.06. The van der Waals surface area contributed by atoms with Crippen molar-refractivity contribution in [3.8, 4) is 5.75 Å². The number of nitrogens with zero attached hydrogens (tertiary/aromatic N) is 1. The highest BCUT2D eigenvalue weighted by Gasteiger charge is 2.20. The van der Waals surface area contributed by atoms with Crippen LogP contribution in [0.5, 0.6) is 5.75 Å². The second-order valence-corrected chi connectivity index (χ2v) is 8.66. The van der Waals surface area contributed by atoms with Gasteiger partial charge < -0.3 is 15.4 Å². The lowest BCUT2D eigenvalue weighted by Crippen LogP contribution is -2.44. The van der Waals surface area contributed by atoms with Crippen LogP contribution in [-0.2, 0) is 10.0 Å². The fourth-order valence-corrected chi connectivity index (χ4v) is 3.60. The van der Waals surface area contributed by atoms with Gasteiger partial charge in [0.25, 0.3) is 0 Å². The monoisotopic (exact) mass is 400 g/mol.